The van der Waals surface area contributed by atoms with Gasteiger partial charge in [-0.1, -0.05) is 13.0 Å². The summed E-state index contributed by atoms with van der Waals surface area (Å²) < 4.78 is 23.2. The number of anilines is 1. The summed E-state index contributed by atoms with van der Waals surface area (Å²) in [5, 5.41) is 2.57. The summed E-state index contributed by atoms with van der Waals surface area (Å²) in [6.07, 6.45) is 0.809. The summed E-state index contributed by atoms with van der Waals surface area (Å²) in [6, 6.07) is 5.04. The van der Waals surface area contributed by atoms with Crippen LogP contribution in [0.4, 0.5) is 5.69 Å². The zero-order valence-corrected chi connectivity index (χ0v) is 9.10. The van der Waals surface area contributed by atoms with E-state index in [0.717, 1.165) is 12.0 Å². The Hall–Kier alpha value is -1.36. The van der Waals surface area contributed by atoms with Crippen molar-refractivity contribution in [1.29, 1.82) is 0 Å². The van der Waals surface area contributed by atoms with Gasteiger partial charge >= 0.3 is 0 Å². The molecule has 15 heavy (non-hydrogen) atoms. The van der Waals surface area contributed by atoms with Gasteiger partial charge < -0.3 is 5.32 Å². The summed E-state index contributed by atoms with van der Waals surface area (Å²) in [6.45, 7) is 1.97. The van der Waals surface area contributed by atoms with Crippen LogP contribution in [0, 0.1) is 0 Å². The first-order chi connectivity index (χ1) is 7.03. The van der Waals surface area contributed by atoms with E-state index in [9.17, 15) is 13.2 Å². The quantitative estimate of drug-likeness (QED) is 0.774. The molecule has 1 aromatic carbocycles. The second-order valence-electron chi connectivity index (χ2n) is 3.49. The first kappa shape index (κ1) is 10.2. The largest absolute Gasteiger partial charge is 0.324 e. The summed E-state index contributed by atoms with van der Waals surface area (Å²) in [4.78, 5) is 11.4. The lowest BCUT2D eigenvalue weighted by Crippen LogP contribution is -2.29. The highest BCUT2D eigenvalue weighted by atomic mass is 32.2. The molecule has 0 atom stereocenters. The Morgan fingerprint density at radius 1 is 1.40 bits per heavy atom. The zero-order chi connectivity index (χ0) is 11.1. The Morgan fingerprint density at radius 3 is 2.80 bits per heavy atom. The highest BCUT2D eigenvalue weighted by molar-refractivity contribution is 7.92. The van der Waals surface area contributed by atoms with Crippen molar-refractivity contribution in [3.8, 4) is 0 Å². The predicted octanol–water partition coefficient (Wildman–Crippen LogP) is 0.975. The van der Waals surface area contributed by atoms with Gasteiger partial charge in [-0.25, -0.2) is 8.42 Å². The molecule has 1 aliphatic rings. The Morgan fingerprint density at radius 2 is 2.13 bits per heavy atom. The molecule has 4 nitrogen and oxygen atoms in total. The van der Waals surface area contributed by atoms with Crippen molar-refractivity contribution in [2.75, 3.05) is 11.1 Å². The molecule has 0 unspecified atom stereocenters. The lowest BCUT2D eigenvalue weighted by atomic mass is 10.1. The van der Waals surface area contributed by atoms with E-state index in [1.54, 1.807) is 18.2 Å². The number of hydrogen-bond donors (Lipinski definition) is 1. The van der Waals surface area contributed by atoms with E-state index in [1.165, 1.54) is 0 Å². The van der Waals surface area contributed by atoms with Crippen molar-refractivity contribution in [1.82, 2.24) is 0 Å². The molecule has 0 saturated carbocycles. The van der Waals surface area contributed by atoms with Gasteiger partial charge in [-0.05, 0) is 24.1 Å². The zero-order valence-electron chi connectivity index (χ0n) is 8.28. The van der Waals surface area contributed by atoms with Crippen molar-refractivity contribution in [2.24, 2.45) is 0 Å². The van der Waals surface area contributed by atoms with Gasteiger partial charge in [0.25, 0.3) is 0 Å². The maximum atomic E-state index is 11.6. The highest BCUT2D eigenvalue weighted by Gasteiger charge is 2.28. The molecule has 1 heterocycles. The Balaban J connectivity index is 2.62. The molecule has 0 bridgehead atoms. The van der Waals surface area contributed by atoms with Crippen molar-refractivity contribution in [3.05, 3.63) is 23.8 Å². The summed E-state index contributed by atoms with van der Waals surface area (Å²) in [7, 11) is -3.43. The fourth-order valence-electron chi connectivity index (χ4n) is 1.60. The predicted molar refractivity (Wildman–Crippen MR) is 56.5 cm³/mol. The van der Waals surface area contributed by atoms with Crippen molar-refractivity contribution in [2.45, 2.75) is 18.2 Å². The normalized spacial score (nSPS) is 18.1. The minimum Gasteiger partial charge on any atom is -0.324 e. The molecule has 1 N–H and O–H groups in total. The molecular weight excluding hydrogens is 214 g/mol. The number of benzene rings is 1. The van der Waals surface area contributed by atoms with Crippen LogP contribution < -0.4 is 5.32 Å². The molecule has 0 aliphatic carbocycles. The molecule has 0 spiro atoms. The fourth-order valence-corrected chi connectivity index (χ4v) is 2.90. The molecular formula is C10H11NO3S. The summed E-state index contributed by atoms with van der Waals surface area (Å²) >= 11 is 0. The van der Waals surface area contributed by atoms with Crippen molar-refractivity contribution < 1.29 is 13.2 Å². The number of carbonyl (C=O) groups is 1. The lowest BCUT2D eigenvalue weighted by Gasteiger charge is -2.17. The average molecular weight is 225 g/mol. The highest BCUT2D eigenvalue weighted by Crippen LogP contribution is 2.27. The van der Waals surface area contributed by atoms with Gasteiger partial charge in [-0.15, -0.1) is 0 Å². The van der Waals surface area contributed by atoms with Crippen LogP contribution in [0.1, 0.15) is 12.5 Å². The maximum absolute atomic E-state index is 11.6. The number of fused-ring (bicyclic) bond motifs is 1. The fraction of sp³-hybridized carbons (Fsp3) is 0.300. The van der Waals surface area contributed by atoms with E-state index in [-0.39, 0.29) is 4.90 Å². The third-order valence-corrected chi connectivity index (χ3v) is 4.05. The Kier molecular flexibility index (Phi) is 2.26. The van der Waals surface area contributed by atoms with E-state index in [2.05, 4.69) is 5.32 Å². The average Bonchev–Trinajstić information content (AvgIpc) is 2.15. The second-order valence-corrected chi connectivity index (χ2v) is 5.45. The van der Waals surface area contributed by atoms with Crippen LogP contribution >= 0.6 is 0 Å². The lowest BCUT2D eigenvalue weighted by molar-refractivity contribution is -0.114. The minimum absolute atomic E-state index is 0.222. The monoisotopic (exact) mass is 225 g/mol. The van der Waals surface area contributed by atoms with Crippen LogP contribution in [0.25, 0.3) is 0 Å². The van der Waals surface area contributed by atoms with E-state index in [1.807, 2.05) is 6.92 Å². The third kappa shape index (κ3) is 1.74. The standard InChI is InChI=1S/C10H11NO3S/c1-2-7-3-4-9-8(5-7)11-10(12)6-15(9,13)14/h3-5H,2,6H2,1H3,(H,11,12). The molecule has 2 rings (SSSR count). The number of nitrogens with one attached hydrogen (secondary N) is 1. The molecule has 0 aromatic heterocycles. The third-order valence-electron chi connectivity index (χ3n) is 2.38. The van der Waals surface area contributed by atoms with E-state index in [0.29, 0.717) is 5.69 Å². The molecule has 80 valence electrons. The van der Waals surface area contributed by atoms with Crippen LogP contribution in [-0.2, 0) is 21.1 Å². The van der Waals surface area contributed by atoms with Crippen LogP contribution in [0.15, 0.2) is 23.1 Å². The molecule has 1 aliphatic heterocycles. The Labute approximate surface area is 88.2 Å². The number of aryl methyl sites for hydroxylation is 1. The molecule has 0 radical (unpaired) electrons. The molecule has 0 fully saturated rings. The van der Waals surface area contributed by atoms with Gasteiger partial charge in [0.05, 0.1) is 10.6 Å². The van der Waals surface area contributed by atoms with E-state index >= 15 is 0 Å². The number of carbonyl (C=O) groups excluding carboxylic acids is 1. The molecule has 5 heteroatoms. The van der Waals surface area contributed by atoms with Crippen LogP contribution in [0.5, 0.6) is 0 Å². The Bertz CT molecular complexity index is 519. The molecule has 1 amide bonds. The van der Waals surface area contributed by atoms with Crippen LogP contribution in [-0.4, -0.2) is 20.1 Å². The summed E-state index contributed by atoms with van der Waals surface area (Å²) in [5.41, 5.74) is 1.41. The smallest absolute Gasteiger partial charge is 0.239 e. The van der Waals surface area contributed by atoms with E-state index in [4.69, 9.17) is 0 Å². The van der Waals surface area contributed by atoms with Gasteiger partial charge in [0.15, 0.2) is 9.84 Å². The SMILES string of the molecule is CCc1ccc2c(c1)NC(=O)CS2(=O)=O. The first-order valence-electron chi connectivity index (χ1n) is 4.68. The summed E-state index contributed by atoms with van der Waals surface area (Å²) in [5.74, 6) is -0.915. The van der Waals surface area contributed by atoms with Crippen molar-refractivity contribution in [3.63, 3.8) is 0 Å². The number of amides is 1. The van der Waals surface area contributed by atoms with Gasteiger partial charge in [0, 0.05) is 0 Å². The van der Waals surface area contributed by atoms with Gasteiger partial charge in [0.2, 0.25) is 5.91 Å². The van der Waals surface area contributed by atoms with Crippen LogP contribution in [0.2, 0.25) is 0 Å². The van der Waals surface area contributed by atoms with Gasteiger partial charge in [0.1, 0.15) is 5.75 Å². The van der Waals surface area contributed by atoms with Crippen LogP contribution in [0.3, 0.4) is 0 Å². The second kappa shape index (κ2) is 3.34. The van der Waals surface area contributed by atoms with Gasteiger partial charge in [-0.2, -0.15) is 0 Å². The van der Waals surface area contributed by atoms with Gasteiger partial charge in [-0.3, -0.25) is 4.79 Å². The van der Waals surface area contributed by atoms with Crippen molar-refractivity contribution >= 4 is 21.4 Å². The first-order valence-corrected chi connectivity index (χ1v) is 6.33. The molecule has 1 aromatic rings. The number of rotatable bonds is 1. The topological polar surface area (TPSA) is 63.2 Å². The number of sulfone groups is 1. The minimum atomic E-state index is -3.43. The van der Waals surface area contributed by atoms with E-state index < -0.39 is 21.5 Å². The maximum Gasteiger partial charge on any atom is 0.239 e. The number of hydrogen-bond acceptors (Lipinski definition) is 3. The molecule has 0 saturated heterocycles.